The smallest absolute Gasteiger partial charge is 0.311 e. The van der Waals surface area contributed by atoms with Crippen molar-refractivity contribution in [1.82, 2.24) is 4.90 Å². The first kappa shape index (κ1) is 28.9. The largest absolute Gasteiger partial charge is 0.361 e. The van der Waals surface area contributed by atoms with E-state index in [0.717, 1.165) is 25.7 Å². The monoisotopic (exact) mass is 424 g/mol. The first-order chi connectivity index (χ1) is 14.6. The molecule has 0 heterocycles. The lowest BCUT2D eigenvalue weighted by Crippen LogP contribution is -2.41. The van der Waals surface area contributed by atoms with E-state index in [2.05, 4.69) is 13.8 Å². The predicted octanol–water partition coefficient (Wildman–Crippen LogP) is 7.14. The highest BCUT2D eigenvalue weighted by molar-refractivity contribution is 6.34. The Morgan fingerprint density at radius 1 is 0.500 bits per heavy atom. The van der Waals surface area contributed by atoms with Crippen LogP contribution in [0.15, 0.2) is 0 Å². The zero-order valence-corrected chi connectivity index (χ0v) is 20.4. The van der Waals surface area contributed by atoms with Gasteiger partial charge in [-0.3, -0.25) is 9.59 Å². The second-order valence-corrected chi connectivity index (χ2v) is 9.02. The van der Waals surface area contributed by atoms with E-state index in [1.807, 2.05) is 0 Å². The standard InChI is InChI=1S/C26H52N2O2/c1-3-5-7-9-11-13-15-17-19-21-23-28(26(30)25(27)29)24-22-20-18-16-14-12-10-8-6-4-2/h3-24H2,1-2H3,(H2,27,29). The van der Waals surface area contributed by atoms with Gasteiger partial charge in [-0.2, -0.15) is 0 Å². The SMILES string of the molecule is CCCCCCCCCCCCN(CCCCCCCCCCCC)C(=O)C(N)=O. The Morgan fingerprint density at radius 3 is 1.03 bits per heavy atom. The molecule has 0 bridgehead atoms. The Hall–Kier alpha value is -1.06. The van der Waals surface area contributed by atoms with Crippen LogP contribution >= 0.6 is 0 Å². The van der Waals surface area contributed by atoms with E-state index in [0.29, 0.717) is 13.1 Å². The summed E-state index contributed by atoms with van der Waals surface area (Å²) in [6, 6.07) is 0. The van der Waals surface area contributed by atoms with Crippen molar-refractivity contribution in [3.8, 4) is 0 Å². The van der Waals surface area contributed by atoms with Crippen molar-refractivity contribution in [2.75, 3.05) is 13.1 Å². The molecule has 2 amide bonds. The minimum absolute atomic E-state index is 0.498. The summed E-state index contributed by atoms with van der Waals surface area (Å²) in [4.78, 5) is 25.1. The Morgan fingerprint density at radius 2 is 0.767 bits per heavy atom. The average molecular weight is 425 g/mol. The van der Waals surface area contributed by atoms with Crippen LogP contribution in [0.1, 0.15) is 142 Å². The third-order valence-electron chi connectivity index (χ3n) is 6.06. The summed E-state index contributed by atoms with van der Waals surface area (Å²) in [5.41, 5.74) is 5.25. The summed E-state index contributed by atoms with van der Waals surface area (Å²) < 4.78 is 0. The molecule has 0 spiro atoms. The van der Waals surface area contributed by atoms with Crippen LogP contribution in [0, 0.1) is 0 Å². The van der Waals surface area contributed by atoms with Gasteiger partial charge >= 0.3 is 11.8 Å². The molecule has 0 rings (SSSR count). The fourth-order valence-electron chi connectivity index (χ4n) is 4.05. The highest BCUT2D eigenvalue weighted by Gasteiger charge is 2.17. The highest BCUT2D eigenvalue weighted by atomic mass is 16.2. The summed E-state index contributed by atoms with van der Waals surface area (Å²) in [6.45, 7) is 5.86. The molecule has 0 saturated carbocycles. The minimum Gasteiger partial charge on any atom is -0.361 e. The van der Waals surface area contributed by atoms with Gasteiger partial charge in [0.05, 0.1) is 0 Å². The van der Waals surface area contributed by atoms with Crippen LogP contribution in [0.2, 0.25) is 0 Å². The van der Waals surface area contributed by atoms with Gasteiger partial charge in [0.25, 0.3) is 0 Å². The van der Waals surface area contributed by atoms with Gasteiger partial charge < -0.3 is 10.6 Å². The molecule has 30 heavy (non-hydrogen) atoms. The van der Waals surface area contributed by atoms with Gasteiger partial charge in [-0.25, -0.2) is 0 Å². The van der Waals surface area contributed by atoms with Gasteiger partial charge in [0.1, 0.15) is 0 Å². The number of hydrogen-bond acceptors (Lipinski definition) is 2. The van der Waals surface area contributed by atoms with Crippen molar-refractivity contribution in [2.45, 2.75) is 142 Å². The van der Waals surface area contributed by atoms with Gasteiger partial charge in [-0.15, -0.1) is 0 Å². The topological polar surface area (TPSA) is 63.4 Å². The van der Waals surface area contributed by atoms with Crippen molar-refractivity contribution >= 4 is 11.8 Å². The molecule has 4 heteroatoms. The third kappa shape index (κ3) is 18.9. The van der Waals surface area contributed by atoms with Gasteiger partial charge in [-0.05, 0) is 12.8 Å². The predicted molar refractivity (Wildman–Crippen MR) is 129 cm³/mol. The molecule has 0 aliphatic carbocycles. The van der Waals surface area contributed by atoms with E-state index < -0.39 is 11.8 Å². The number of nitrogens with zero attached hydrogens (tertiary/aromatic N) is 1. The number of rotatable bonds is 22. The summed E-state index contributed by atoms with van der Waals surface area (Å²) >= 11 is 0. The normalized spacial score (nSPS) is 11.0. The molecule has 0 aliphatic heterocycles. The summed E-state index contributed by atoms with van der Waals surface area (Å²) in [6.07, 6.45) is 25.4. The van der Waals surface area contributed by atoms with Gasteiger partial charge in [0.2, 0.25) is 0 Å². The zero-order valence-electron chi connectivity index (χ0n) is 20.4. The van der Waals surface area contributed by atoms with E-state index in [4.69, 9.17) is 5.73 Å². The van der Waals surface area contributed by atoms with Crippen LogP contribution in [-0.2, 0) is 9.59 Å². The molecule has 0 fully saturated rings. The second-order valence-electron chi connectivity index (χ2n) is 9.02. The van der Waals surface area contributed by atoms with Crippen molar-refractivity contribution in [2.24, 2.45) is 5.73 Å². The quantitative estimate of drug-likeness (QED) is 0.148. The summed E-state index contributed by atoms with van der Waals surface area (Å²) in [5, 5.41) is 0. The molecule has 0 aromatic rings. The maximum atomic E-state index is 12.1. The minimum atomic E-state index is -0.811. The summed E-state index contributed by atoms with van der Waals surface area (Å²) in [7, 11) is 0. The van der Waals surface area contributed by atoms with Crippen LogP contribution in [0.5, 0.6) is 0 Å². The number of unbranched alkanes of at least 4 members (excludes halogenated alkanes) is 18. The number of carbonyl (C=O) groups is 2. The average Bonchev–Trinajstić information content (AvgIpc) is 2.74. The number of hydrogen-bond donors (Lipinski definition) is 1. The van der Waals surface area contributed by atoms with Crippen molar-refractivity contribution < 1.29 is 9.59 Å². The first-order valence-corrected chi connectivity index (χ1v) is 13.2. The molecular weight excluding hydrogens is 372 g/mol. The molecule has 0 saturated heterocycles. The fourth-order valence-corrected chi connectivity index (χ4v) is 4.05. The molecular formula is C26H52N2O2. The van der Waals surface area contributed by atoms with Crippen LogP contribution in [-0.4, -0.2) is 29.8 Å². The molecule has 2 N–H and O–H groups in total. The fraction of sp³-hybridized carbons (Fsp3) is 0.923. The Bertz CT molecular complexity index is 374. The number of primary amides is 1. The maximum Gasteiger partial charge on any atom is 0.311 e. The van der Waals surface area contributed by atoms with Crippen LogP contribution < -0.4 is 5.73 Å². The van der Waals surface area contributed by atoms with Crippen LogP contribution in [0.3, 0.4) is 0 Å². The van der Waals surface area contributed by atoms with Crippen molar-refractivity contribution in [3.63, 3.8) is 0 Å². The Labute approximate surface area is 187 Å². The molecule has 0 atom stereocenters. The second kappa shape index (κ2) is 22.6. The first-order valence-electron chi connectivity index (χ1n) is 13.2. The van der Waals surface area contributed by atoms with Crippen LogP contribution in [0.4, 0.5) is 0 Å². The molecule has 0 radical (unpaired) electrons. The Kier molecular flexibility index (Phi) is 21.8. The summed E-state index contributed by atoms with van der Waals surface area (Å²) in [5.74, 6) is -1.31. The molecule has 178 valence electrons. The lowest BCUT2D eigenvalue weighted by Gasteiger charge is -2.21. The lowest BCUT2D eigenvalue weighted by atomic mass is 10.1. The maximum absolute atomic E-state index is 12.1. The van der Waals surface area contributed by atoms with Crippen molar-refractivity contribution in [3.05, 3.63) is 0 Å². The third-order valence-corrected chi connectivity index (χ3v) is 6.06. The number of nitrogens with two attached hydrogens (primary N) is 1. The van der Waals surface area contributed by atoms with Crippen molar-refractivity contribution in [1.29, 1.82) is 0 Å². The Balaban J connectivity index is 3.75. The van der Waals surface area contributed by atoms with E-state index in [-0.39, 0.29) is 0 Å². The van der Waals surface area contributed by atoms with Crippen LogP contribution in [0.25, 0.3) is 0 Å². The van der Waals surface area contributed by atoms with E-state index in [1.165, 1.54) is 103 Å². The number of amides is 2. The molecule has 0 aromatic heterocycles. The lowest BCUT2D eigenvalue weighted by molar-refractivity contribution is -0.144. The molecule has 0 aliphatic rings. The van der Waals surface area contributed by atoms with E-state index in [9.17, 15) is 9.59 Å². The molecule has 0 aromatic carbocycles. The highest BCUT2D eigenvalue weighted by Crippen LogP contribution is 2.13. The zero-order chi connectivity index (χ0) is 22.3. The molecule has 4 nitrogen and oxygen atoms in total. The van der Waals surface area contributed by atoms with E-state index >= 15 is 0 Å². The van der Waals surface area contributed by atoms with Gasteiger partial charge in [0, 0.05) is 13.1 Å². The van der Waals surface area contributed by atoms with Gasteiger partial charge in [-0.1, -0.05) is 129 Å². The molecule has 0 unspecified atom stereocenters. The van der Waals surface area contributed by atoms with Gasteiger partial charge in [0.15, 0.2) is 0 Å². The number of carbonyl (C=O) groups excluding carboxylic acids is 2. The van der Waals surface area contributed by atoms with E-state index in [1.54, 1.807) is 4.90 Å².